The first-order valence-electron chi connectivity index (χ1n) is 11.8. The third-order valence-electron chi connectivity index (χ3n) is 6.59. The molecule has 4 rings (SSSR count). The largest absolute Gasteiger partial charge is 0.497 e. The average Bonchev–Trinajstić information content (AvgIpc) is 3.39. The molecule has 0 radical (unpaired) electrons. The molecule has 2 fully saturated rings. The van der Waals surface area contributed by atoms with Crippen molar-refractivity contribution in [1.29, 1.82) is 0 Å². The standard InChI is InChI=1S/C25H33N3O4S/c1-32-22-9-7-8-21(18-22)24(27-14-5-6-15-27)19-26-25(29)20-10-12-23(13-11-20)33(30,31)28-16-3-2-4-17-28/h7-13,18,24H,2-6,14-17,19H2,1H3,(H,26,29). The number of sulfonamides is 1. The predicted molar refractivity (Wildman–Crippen MR) is 128 cm³/mol. The fourth-order valence-corrected chi connectivity index (χ4v) is 6.20. The third kappa shape index (κ3) is 5.57. The molecule has 0 aliphatic carbocycles. The predicted octanol–water partition coefficient (Wildman–Crippen LogP) is 3.44. The van der Waals surface area contributed by atoms with E-state index in [1.165, 1.54) is 0 Å². The summed E-state index contributed by atoms with van der Waals surface area (Å²) in [4.78, 5) is 15.5. The summed E-state index contributed by atoms with van der Waals surface area (Å²) in [6.07, 6.45) is 5.17. The van der Waals surface area contributed by atoms with Crippen LogP contribution in [0.5, 0.6) is 5.75 Å². The van der Waals surface area contributed by atoms with E-state index in [2.05, 4.69) is 16.3 Å². The second-order valence-electron chi connectivity index (χ2n) is 8.73. The van der Waals surface area contributed by atoms with Gasteiger partial charge < -0.3 is 10.1 Å². The molecule has 2 aliphatic heterocycles. The van der Waals surface area contributed by atoms with Gasteiger partial charge in [-0.1, -0.05) is 18.6 Å². The maximum absolute atomic E-state index is 12.9. The Labute approximate surface area is 196 Å². The first kappa shape index (κ1) is 23.7. The molecule has 2 aliphatic rings. The Morgan fingerprint density at radius 3 is 2.30 bits per heavy atom. The third-order valence-corrected chi connectivity index (χ3v) is 8.50. The Morgan fingerprint density at radius 2 is 1.64 bits per heavy atom. The van der Waals surface area contributed by atoms with E-state index in [0.717, 1.165) is 56.5 Å². The average molecular weight is 472 g/mol. The van der Waals surface area contributed by atoms with Crippen LogP contribution in [0.25, 0.3) is 0 Å². The summed E-state index contributed by atoms with van der Waals surface area (Å²) >= 11 is 0. The number of piperidine rings is 1. The molecule has 7 nitrogen and oxygen atoms in total. The zero-order valence-electron chi connectivity index (χ0n) is 19.2. The number of carbonyl (C=O) groups excluding carboxylic acids is 1. The molecule has 8 heteroatoms. The summed E-state index contributed by atoms with van der Waals surface area (Å²) in [5, 5.41) is 3.05. The zero-order chi connectivity index (χ0) is 23.3. The van der Waals surface area contributed by atoms with Crippen molar-refractivity contribution < 1.29 is 17.9 Å². The van der Waals surface area contributed by atoms with Crippen molar-refractivity contribution in [3.05, 3.63) is 59.7 Å². The first-order valence-corrected chi connectivity index (χ1v) is 13.2. The number of nitrogens with zero attached hydrogens (tertiary/aromatic N) is 2. The normalized spacial score (nSPS) is 18.7. The van der Waals surface area contributed by atoms with E-state index in [9.17, 15) is 13.2 Å². The van der Waals surface area contributed by atoms with Gasteiger partial charge in [-0.2, -0.15) is 4.31 Å². The lowest BCUT2D eigenvalue weighted by Crippen LogP contribution is -2.37. The van der Waals surface area contributed by atoms with Gasteiger partial charge in [-0.15, -0.1) is 0 Å². The fraction of sp³-hybridized carbons (Fsp3) is 0.480. The summed E-state index contributed by atoms with van der Waals surface area (Å²) in [6.45, 7) is 3.60. The molecule has 0 bridgehead atoms. The lowest BCUT2D eigenvalue weighted by Gasteiger charge is -2.28. The maximum Gasteiger partial charge on any atom is 0.251 e. The number of nitrogens with one attached hydrogen (secondary N) is 1. The number of rotatable bonds is 8. The number of hydrogen-bond acceptors (Lipinski definition) is 5. The van der Waals surface area contributed by atoms with Crippen molar-refractivity contribution in [3.63, 3.8) is 0 Å². The van der Waals surface area contributed by atoms with Crippen LogP contribution in [0.1, 0.15) is 54.1 Å². The smallest absolute Gasteiger partial charge is 0.251 e. The van der Waals surface area contributed by atoms with E-state index in [1.54, 1.807) is 35.7 Å². The first-order chi connectivity index (χ1) is 16.0. The van der Waals surface area contributed by atoms with Gasteiger partial charge in [0.05, 0.1) is 18.0 Å². The number of hydrogen-bond donors (Lipinski definition) is 1. The molecular formula is C25H33N3O4S. The summed E-state index contributed by atoms with van der Waals surface area (Å²) < 4.78 is 32.6. The lowest BCUT2D eigenvalue weighted by atomic mass is 10.0. The van der Waals surface area contributed by atoms with Gasteiger partial charge in [0.25, 0.3) is 5.91 Å². The van der Waals surface area contributed by atoms with Crippen LogP contribution in [0, 0.1) is 0 Å². The number of likely N-dealkylation sites (tertiary alicyclic amines) is 1. The lowest BCUT2D eigenvalue weighted by molar-refractivity contribution is 0.0938. The van der Waals surface area contributed by atoms with Crippen LogP contribution in [0.3, 0.4) is 0 Å². The SMILES string of the molecule is COc1cccc(C(CNC(=O)c2ccc(S(=O)(=O)N3CCCCC3)cc2)N2CCCC2)c1. The van der Waals surface area contributed by atoms with E-state index in [0.29, 0.717) is 25.2 Å². The quantitative estimate of drug-likeness (QED) is 0.638. The monoisotopic (exact) mass is 471 g/mol. The topological polar surface area (TPSA) is 78.9 Å². The van der Waals surface area contributed by atoms with Crippen LogP contribution >= 0.6 is 0 Å². The number of methoxy groups -OCH3 is 1. The molecular weight excluding hydrogens is 438 g/mol. The minimum Gasteiger partial charge on any atom is -0.497 e. The number of benzene rings is 2. The molecule has 0 aromatic heterocycles. The van der Waals surface area contributed by atoms with Gasteiger partial charge in [0.2, 0.25) is 10.0 Å². The van der Waals surface area contributed by atoms with Crippen LogP contribution in [0.4, 0.5) is 0 Å². The summed E-state index contributed by atoms with van der Waals surface area (Å²) in [7, 11) is -1.85. The minimum atomic E-state index is -3.50. The van der Waals surface area contributed by atoms with Gasteiger partial charge in [0.1, 0.15) is 5.75 Å². The molecule has 1 atom stereocenters. The highest BCUT2D eigenvalue weighted by Gasteiger charge is 2.27. The molecule has 1 unspecified atom stereocenters. The summed E-state index contributed by atoms with van der Waals surface area (Å²) in [5.41, 5.74) is 1.57. The minimum absolute atomic E-state index is 0.0605. The molecule has 0 spiro atoms. The molecule has 1 N–H and O–H groups in total. The van der Waals surface area contributed by atoms with Crippen molar-refractivity contribution in [3.8, 4) is 5.75 Å². The molecule has 0 saturated carbocycles. The highest BCUT2D eigenvalue weighted by atomic mass is 32.2. The number of ether oxygens (including phenoxy) is 1. The van der Waals surface area contributed by atoms with Crippen LogP contribution < -0.4 is 10.1 Å². The van der Waals surface area contributed by atoms with Crippen molar-refractivity contribution >= 4 is 15.9 Å². The fourth-order valence-electron chi connectivity index (χ4n) is 4.68. The van der Waals surface area contributed by atoms with E-state index >= 15 is 0 Å². The second kappa shape index (κ2) is 10.7. The van der Waals surface area contributed by atoms with Crippen molar-refractivity contribution in [2.45, 2.75) is 43.0 Å². The van der Waals surface area contributed by atoms with Crippen molar-refractivity contribution in [2.75, 3.05) is 39.8 Å². The molecule has 33 heavy (non-hydrogen) atoms. The van der Waals surface area contributed by atoms with E-state index in [4.69, 9.17) is 4.74 Å². The molecule has 1 amide bonds. The number of amides is 1. The van der Waals surface area contributed by atoms with Gasteiger partial charge in [0, 0.05) is 25.2 Å². The summed E-state index contributed by atoms with van der Waals surface area (Å²) in [6, 6.07) is 14.3. The summed E-state index contributed by atoms with van der Waals surface area (Å²) in [5.74, 6) is 0.595. The maximum atomic E-state index is 12.9. The van der Waals surface area contributed by atoms with Gasteiger partial charge >= 0.3 is 0 Å². The Kier molecular flexibility index (Phi) is 7.67. The van der Waals surface area contributed by atoms with Crippen molar-refractivity contribution in [1.82, 2.24) is 14.5 Å². The van der Waals surface area contributed by atoms with Crippen molar-refractivity contribution in [2.24, 2.45) is 0 Å². The van der Waals surface area contributed by atoms with Crippen LogP contribution in [-0.2, 0) is 10.0 Å². The highest BCUT2D eigenvalue weighted by molar-refractivity contribution is 7.89. The second-order valence-corrected chi connectivity index (χ2v) is 10.7. The molecule has 2 aromatic carbocycles. The Morgan fingerprint density at radius 1 is 0.970 bits per heavy atom. The van der Waals surface area contributed by atoms with E-state index < -0.39 is 10.0 Å². The Hall–Kier alpha value is -2.42. The highest BCUT2D eigenvalue weighted by Crippen LogP contribution is 2.27. The van der Waals surface area contributed by atoms with Gasteiger partial charge in [-0.3, -0.25) is 9.69 Å². The Balaban J connectivity index is 1.44. The molecule has 2 heterocycles. The molecule has 2 aromatic rings. The van der Waals surface area contributed by atoms with Gasteiger partial charge in [-0.25, -0.2) is 8.42 Å². The van der Waals surface area contributed by atoms with E-state index in [-0.39, 0.29) is 16.8 Å². The Bertz CT molecular complexity index is 1040. The van der Waals surface area contributed by atoms with Crippen LogP contribution in [0.15, 0.2) is 53.4 Å². The molecule has 178 valence electrons. The number of carbonyl (C=O) groups is 1. The van der Waals surface area contributed by atoms with E-state index in [1.807, 2.05) is 18.2 Å². The molecule has 2 saturated heterocycles. The van der Waals surface area contributed by atoms with Gasteiger partial charge in [-0.05, 0) is 80.7 Å². The van der Waals surface area contributed by atoms with Gasteiger partial charge in [0.15, 0.2) is 0 Å². The van der Waals surface area contributed by atoms with Crippen LogP contribution in [0.2, 0.25) is 0 Å². The van der Waals surface area contributed by atoms with Crippen LogP contribution in [-0.4, -0.2) is 63.4 Å². The zero-order valence-corrected chi connectivity index (χ0v) is 20.0.